The lowest BCUT2D eigenvalue weighted by Crippen LogP contribution is -2.22. The maximum atomic E-state index is 14.5. The van der Waals surface area contributed by atoms with Crippen LogP contribution in [0.3, 0.4) is 0 Å². The number of benzene rings is 1. The van der Waals surface area contributed by atoms with E-state index in [2.05, 4.69) is 4.98 Å². The number of alkyl halides is 3. The second-order valence-electron chi connectivity index (χ2n) is 5.86. The van der Waals surface area contributed by atoms with Gasteiger partial charge in [0.25, 0.3) is 0 Å². The molecule has 2 nitrogen and oxygen atoms in total. The van der Waals surface area contributed by atoms with Gasteiger partial charge in [-0.3, -0.25) is 4.57 Å². The Morgan fingerprint density at radius 3 is 2.12 bits per heavy atom. The fourth-order valence-electron chi connectivity index (χ4n) is 2.60. The smallest absolute Gasteiger partial charge is 0.281 e. The molecule has 0 aliphatic rings. The average molecular weight is 381 g/mol. The molecule has 8 heteroatoms. The lowest BCUT2D eigenvalue weighted by atomic mass is 10.00. The fourth-order valence-corrected chi connectivity index (χ4v) is 2.96. The third kappa shape index (κ3) is 3.97. The summed E-state index contributed by atoms with van der Waals surface area (Å²) in [7, 11) is 0. The first-order valence-electron chi connectivity index (χ1n) is 7.91. The van der Waals surface area contributed by atoms with Crippen LogP contribution in [-0.2, 0) is 19.3 Å². The number of hydrogen-bond acceptors (Lipinski definition) is 1. The highest BCUT2D eigenvalue weighted by Crippen LogP contribution is 2.32. The summed E-state index contributed by atoms with van der Waals surface area (Å²) >= 11 is 6.19. The number of aromatic nitrogens is 2. The third-order valence-corrected chi connectivity index (χ3v) is 4.40. The Kier molecular flexibility index (Phi) is 5.76. The van der Waals surface area contributed by atoms with Gasteiger partial charge in [-0.2, -0.15) is 13.2 Å². The number of imidazole rings is 1. The molecular weight excluding hydrogens is 363 g/mol. The van der Waals surface area contributed by atoms with Gasteiger partial charge in [0.05, 0.1) is 11.6 Å². The summed E-state index contributed by atoms with van der Waals surface area (Å²) in [5.74, 6) is -3.26. The minimum absolute atomic E-state index is 0.0615. The van der Waals surface area contributed by atoms with E-state index in [0.717, 1.165) is 19.1 Å². The molecule has 0 bridgehead atoms. The van der Waals surface area contributed by atoms with E-state index in [-0.39, 0.29) is 10.7 Å². The third-order valence-electron chi connectivity index (χ3n) is 4.01. The highest BCUT2D eigenvalue weighted by molar-refractivity contribution is 6.30. The molecule has 2 aromatic rings. The lowest BCUT2D eigenvalue weighted by molar-refractivity contribution is -0.169. The van der Waals surface area contributed by atoms with Gasteiger partial charge in [0, 0.05) is 6.42 Å². The summed E-state index contributed by atoms with van der Waals surface area (Å²) < 4.78 is 68.2. The number of halogens is 6. The van der Waals surface area contributed by atoms with E-state index in [0.29, 0.717) is 24.4 Å². The van der Waals surface area contributed by atoms with E-state index >= 15 is 0 Å². The quantitative estimate of drug-likeness (QED) is 0.611. The number of rotatable bonds is 5. The first-order valence-corrected chi connectivity index (χ1v) is 8.28. The molecule has 0 fully saturated rings. The Hall–Kier alpha value is -1.63. The molecule has 0 aliphatic carbocycles. The van der Waals surface area contributed by atoms with Crippen LogP contribution in [0, 0.1) is 17.6 Å². The van der Waals surface area contributed by atoms with E-state index in [1.807, 2.05) is 6.92 Å². The molecule has 0 saturated carbocycles. The van der Waals surface area contributed by atoms with Crippen LogP contribution in [0.25, 0.3) is 5.69 Å². The summed E-state index contributed by atoms with van der Waals surface area (Å²) in [4.78, 5) is 4.26. The first kappa shape index (κ1) is 19.7. The largest absolute Gasteiger partial charge is 0.391 e. The lowest BCUT2D eigenvalue weighted by Gasteiger charge is -2.17. The van der Waals surface area contributed by atoms with Gasteiger partial charge < -0.3 is 0 Å². The zero-order valence-corrected chi connectivity index (χ0v) is 14.8. The summed E-state index contributed by atoms with van der Waals surface area (Å²) in [6.45, 7) is 4.55. The van der Waals surface area contributed by atoms with Crippen molar-refractivity contribution in [2.45, 2.75) is 46.2 Å². The predicted molar refractivity (Wildman–Crippen MR) is 86.2 cm³/mol. The van der Waals surface area contributed by atoms with Gasteiger partial charge in [-0.25, -0.2) is 13.8 Å². The number of nitrogens with zero attached hydrogens (tertiary/aromatic N) is 2. The Morgan fingerprint density at radius 1 is 1.12 bits per heavy atom. The summed E-state index contributed by atoms with van der Waals surface area (Å²) in [6, 6.07) is 1.84. The van der Waals surface area contributed by atoms with Crippen molar-refractivity contribution in [2.75, 3.05) is 0 Å². The highest BCUT2D eigenvalue weighted by atomic mass is 35.5. The molecule has 0 spiro atoms. The Labute approximate surface area is 147 Å². The highest BCUT2D eigenvalue weighted by Gasteiger charge is 2.36. The Balaban J connectivity index is 2.50. The molecule has 0 amide bonds. The van der Waals surface area contributed by atoms with Crippen LogP contribution < -0.4 is 0 Å². The van der Waals surface area contributed by atoms with Gasteiger partial charge in [0.15, 0.2) is 11.6 Å². The maximum Gasteiger partial charge on any atom is 0.391 e. The van der Waals surface area contributed by atoms with Crippen LogP contribution in [0.4, 0.5) is 22.0 Å². The molecule has 1 aromatic carbocycles. The van der Waals surface area contributed by atoms with Crippen molar-refractivity contribution in [1.29, 1.82) is 0 Å². The van der Waals surface area contributed by atoms with Gasteiger partial charge >= 0.3 is 6.18 Å². The van der Waals surface area contributed by atoms with Crippen LogP contribution in [0.5, 0.6) is 0 Å². The molecule has 2 rings (SSSR count). The van der Waals surface area contributed by atoms with Crippen molar-refractivity contribution in [3.63, 3.8) is 0 Å². The molecule has 25 heavy (non-hydrogen) atoms. The second-order valence-corrected chi connectivity index (χ2v) is 6.22. The zero-order chi connectivity index (χ0) is 18.9. The van der Waals surface area contributed by atoms with Crippen molar-refractivity contribution in [2.24, 2.45) is 5.92 Å². The first-order chi connectivity index (χ1) is 11.6. The normalized spacial score (nSPS) is 13.3. The molecule has 138 valence electrons. The molecule has 0 saturated heterocycles. The van der Waals surface area contributed by atoms with Crippen molar-refractivity contribution in [1.82, 2.24) is 9.55 Å². The van der Waals surface area contributed by atoms with Crippen molar-refractivity contribution >= 4 is 11.6 Å². The molecule has 1 atom stereocenters. The van der Waals surface area contributed by atoms with Crippen LogP contribution in [-0.4, -0.2) is 15.7 Å². The molecule has 0 radical (unpaired) electrons. The Bertz CT molecular complexity index is 744. The molecule has 1 aromatic heterocycles. The minimum Gasteiger partial charge on any atom is -0.281 e. The van der Waals surface area contributed by atoms with Gasteiger partial charge in [-0.05, 0) is 30.5 Å². The van der Waals surface area contributed by atoms with E-state index in [4.69, 9.17) is 11.6 Å². The van der Waals surface area contributed by atoms with Gasteiger partial charge in [-0.15, -0.1) is 0 Å². The van der Waals surface area contributed by atoms with Crippen LogP contribution in [0.15, 0.2) is 12.1 Å². The summed E-state index contributed by atoms with van der Waals surface area (Å²) in [5, 5.41) is 0.105. The van der Waals surface area contributed by atoms with Crippen LogP contribution in [0.1, 0.15) is 37.9 Å². The van der Waals surface area contributed by atoms with Crippen molar-refractivity contribution < 1.29 is 22.0 Å². The number of aryl methyl sites for hydroxylation is 2. The predicted octanol–water partition coefficient (Wildman–Crippen LogP) is 5.67. The summed E-state index contributed by atoms with van der Waals surface area (Å²) in [5.41, 5.74) is 0.0260. The number of hydrogen-bond donors (Lipinski definition) is 0. The fraction of sp³-hybridized carbons (Fsp3) is 0.471. The molecule has 1 unspecified atom stereocenters. The Morgan fingerprint density at radius 2 is 1.68 bits per heavy atom. The van der Waals surface area contributed by atoms with Crippen molar-refractivity contribution in [3.05, 3.63) is 46.0 Å². The molecule has 0 N–H and O–H groups in total. The molecule has 0 aliphatic heterocycles. The molecule has 1 heterocycles. The van der Waals surface area contributed by atoms with Gasteiger partial charge in [0.2, 0.25) is 0 Å². The van der Waals surface area contributed by atoms with Gasteiger partial charge in [-0.1, -0.05) is 32.4 Å². The van der Waals surface area contributed by atoms with Crippen LogP contribution in [0.2, 0.25) is 5.15 Å². The van der Waals surface area contributed by atoms with Crippen LogP contribution >= 0.6 is 11.6 Å². The van der Waals surface area contributed by atoms with Crippen molar-refractivity contribution in [3.8, 4) is 5.69 Å². The SMILES string of the molecule is CCc1nc(CC)n(-c2c(F)cc(CC(C)C(F)(F)F)cc2F)c1Cl. The monoisotopic (exact) mass is 380 g/mol. The second kappa shape index (κ2) is 7.32. The van der Waals surface area contributed by atoms with E-state index in [1.54, 1.807) is 6.92 Å². The average Bonchev–Trinajstić information content (AvgIpc) is 2.82. The van der Waals surface area contributed by atoms with E-state index in [9.17, 15) is 22.0 Å². The summed E-state index contributed by atoms with van der Waals surface area (Å²) in [6.07, 6.45) is -4.05. The van der Waals surface area contributed by atoms with Gasteiger partial charge in [0.1, 0.15) is 16.7 Å². The topological polar surface area (TPSA) is 17.8 Å². The molecular formula is C17H18ClF5N2. The standard InChI is InChI=1S/C17H18ClF5N2/c1-4-13-16(18)25(14(5-2)24-13)15-11(19)7-10(8-12(15)20)6-9(3)17(21,22)23/h7-9H,4-6H2,1-3H3. The minimum atomic E-state index is -4.43. The van der Waals surface area contributed by atoms with E-state index in [1.165, 1.54) is 4.57 Å². The maximum absolute atomic E-state index is 14.5. The zero-order valence-electron chi connectivity index (χ0n) is 14.0. The van der Waals surface area contributed by atoms with E-state index < -0.39 is 35.8 Å².